The Labute approximate surface area is 143 Å². The van der Waals surface area contributed by atoms with Crippen molar-refractivity contribution in [2.45, 2.75) is 26.1 Å². The van der Waals surface area contributed by atoms with Crippen molar-refractivity contribution < 1.29 is 22.7 Å². The molecule has 3 rings (SSSR count). The molecule has 7 heteroatoms. The number of fused-ring (bicyclic) bond motifs is 1. The van der Waals surface area contributed by atoms with Gasteiger partial charge < -0.3 is 4.74 Å². The minimum atomic E-state index is -4.54. The van der Waals surface area contributed by atoms with Crippen LogP contribution in [0.15, 0.2) is 36.4 Å². The van der Waals surface area contributed by atoms with Crippen molar-refractivity contribution >= 4 is 16.7 Å². The monoisotopic (exact) mass is 352 g/mol. The molecule has 0 saturated carbocycles. The van der Waals surface area contributed by atoms with Gasteiger partial charge in [0.05, 0.1) is 12.5 Å². The van der Waals surface area contributed by atoms with Crippen LogP contribution in [0.1, 0.15) is 25.5 Å². The number of nitrogens with one attached hydrogen (secondary N) is 1. The molecule has 0 radical (unpaired) electrons. The van der Waals surface area contributed by atoms with E-state index in [-0.39, 0.29) is 12.1 Å². The number of rotatable bonds is 3. The molecule has 1 unspecified atom stereocenters. The average molecular weight is 352 g/mol. The topological polar surface area (TPSA) is 41.6 Å². The van der Waals surface area contributed by atoms with E-state index in [4.69, 9.17) is 4.74 Å². The number of hydrogen-bond donors (Lipinski definition) is 1. The lowest BCUT2D eigenvalue weighted by molar-refractivity contribution is -0.191. The standard InChI is InChI=1S/C18H19F3N2O2/c1-17(2)10-23(22-16(17)24)15(18(19,20)21)14-6-4-5-11-9-12(25-3)7-8-13(11)14/h4-9,15H,10H2,1-3H3,(H,22,24). The van der Waals surface area contributed by atoms with Gasteiger partial charge in [0.15, 0.2) is 6.04 Å². The van der Waals surface area contributed by atoms with Gasteiger partial charge in [-0.1, -0.05) is 24.3 Å². The fourth-order valence-electron chi connectivity index (χ4n) is 3.15. The Balaban J connectivity index is 2.12. The third kappa shape index (κ3) is 3.16. The van der Waals surface area contributed by atoms with Gasteiger partial charge in [-0.25, -0.2) is 5.01 Å². The smallest absolute Gasteiger partial charge is 0.409 e. The number of nitrogens with zero attached hydrogens (tertiary/aromatic N) is 1. The molecule has 0 bridgehead atoms. The second-order valence-corrected chi connectivity index (χ2v) is 6.83. The summed E-state index contributed by atoms with van der Waals surface area (Å²) in [5.74, 6) is 0.160. The van der Waals surface area contributed by atoms with Crippen LogP contribution in [0.3, 0.4) is 0 Å². The van der Waals surface area contributed by atoms with Gasteiger partial charge in [0.25, 0.3) is 0 Å². The second kappa shape index (κ2) is 5.91. The second-order valence-electron chi connectivity index (χ2n) is 6.83. The van der Waals surface area contributed by atoms with E-state index in [1.165, 1.54) is 13.2 Å². The Morgan fingerprint density at radius 3 is 2.52 bits per heavy atom. The molecule has 2 aromatic rings. The first-order valence-electron chi connectivity index (χ1n) is 7.84. The summed E-state index contributed by atoms with van der Waals surface area (Å²) < 4.78 is 46.8. The van der Waals surface area contributed by atoms with Crippen LogP contribution >= 0.6 is 0 Å². The minimum Gasteiger partial charge on any atom is -0.497 e. The molecular weight excluding hydrogens is 333 g/mol. The lowest BCUT2D eigenvalue weighted by Gasteiger charge is -2.30. The molecule has 2 aromatic carbocycles. The molecule has 1 saturated heterocycles. The van der Waals surface area contributed by atoms with Gasteiger partial charge in [0.1, 0.15) is 5.75 Å². The first-order chi connectivity index (χ1) is 11.6. The molecule has 1 aliphatic rings. The maximum absolute atomic E-state index is 13.9. The summed E-state index contributed by atoms with van der Waals surface area (Å²) in [7, 11) is 1.51. The Bertz CT molecular complexity index is 818. The van der Waals surface area contributed by atoms with E-state index in [9.17, 15) is 18.0 Å². The molecule has 4 nitrogen and oxygen atoms in total. The highest BCUT2D eigenvalue weighted by Crippen LogP contribution is 2.43. The molecular formula is C18H19F3N2O2. The SMILES string of the molecule is COc1ccc2c(C(N3CC(C)(C)C(=O)N3)C(F)(F)F)cccc2c1. The van der Waals surface area contributed by atoms with Crippen molar-refractivity contribution in [1.29, 1.82) is 0 Å². The van der Waals surface area contributed by atoms with E-state index in [0.29, 0.717) is 16.5 Å². The van der Waals surface area contributed by atoms with Crippen molar-refractivity contribution in [1.82, 2.24) is 10.4 Å². The van der Waals surface area contributed by atoms with Crippen molar-refractivity contribution in [2.24, 2.45) is 5.41 Å². The third-order valence-electron chi connectivity index (χ3n) is 4.46. The predicted octanol–water partition coefficient (Wildman–Crippen LogP) is 3.82. The molecule has 134 valence electrons. The summed E-state index contributed by atoms with van der Waals surface area (Å²) in [6.07, 6.45) is -4.54. The Hall–Kier alpha value is -2.28. The van der Waals surface area contributed by atoms with Crippen LogP contribution in [-0.2, 0) is 4.79 Å². The summed E-state index contributed by atoms with van der Waals surface area (Å²) in [5, 5.41) is 2.11. The van der Waals surface area contributed by atoms with E-state index in [1.54, 1.807) is 44.2 Å². The van der Waals surface area contributed by atoms with E-state index >= 15 is 0 Å². The molecule has 1 aliphatic heterocycles. The fourth-order valence-corrected chi connectivity index (χ4v) is 3.15. The average Bonchev–Trinajstić information content (AvgIpc) is 2.78. The number of hydrazine groups is 1. The Morgan fingerprint density at radius 1 is 1.24 bits per heavy atom. The number of benzene rings is 2. The van der Waals surface area contributed by atoms with Crippen LogP contribution in [0.25, 0.3) is 10.8 Å². The minimum absolute atomic E-state index is 0.0252. The third-order valence-corrected chi connectivity index (χ3v) is 4.46. The number of amides is 1. The quantitative estimate of drug-likeness (QED) is 0.913. The van der Waals surface area contributed by atoms with Gasteiger partial charge in [-0.05, 0) is 42.3 Å². The lowest BCUT2D eigenvalue weighted by atomic mass is 9.93. The molecule has 1 atom stereocenters. The summed E-state index contributed by atoms with van der Waals surface area (Å²) in [6, 6.07) is 7.79. The molecule has 1 heterocycles. The van der Waals surface area contributed by atoms with Gasteiger partial charge >= 0.3 is 6.18 Å². The lowest BCUT2D eigenvalue weighted by Crippen LogP contribution is -2.43. The zero-order chi connectivity index (χ0) is 18.4. The highest BCUT2D eigenvalue weighted by atomic mass is 19.4. The summed E-state index contributed by atoms with van der Waals surface area (Å²) in [5.41, 5.74) is 1.61. The first kappa shape index (κ1) is 17.5. The van der Waals surface area contributed by atoms with Crippen molar-refractivity contribution in [2.75, 3.05) is 13.7 Å². The number of halogens is 3. The van der Waals surface area contributed by atoms with E-state index in [0.717, 1.165) is 5.01 Å². The van der Waals surface area contributed by atoms with Crippen molar-refractivity contribution in [3.63, 3.8) is 0 Å². The van der Waals surface area contributed by atoms with Crippen LogP contribution in [0.4, 0.5) is 13.2 Å². The molecule has 25 heavy (non-hydrogen) atoms. The number of carbonyl (C=O) groups excluding carboxylic acids is 1. The summed E-state index contributed by atoms with van der Waals surface area (Å²) in [6.45, 7) is 3.23. The highest BCUT2D eigenvalue weighted by molar-refractivity contribution is 5.88. The molecule has 1 N–H and O–H groups in total. The zero-order valence-electron chi connectivity index (χ0n) is 14.1. The maximum Gasteiger partial charge on any atom is 0.409 e. The van der Waals surface area contributed by atoms with Crippen LogP contribution in [-0.4, -0.2) is 30.7 Å². The van der Waals surface area contributed by atoms with Gasteiger partial charge in [-0.2, -0.15) is 13.2 Å². The number of alkyl halides is 3. The number of carbonyl (C=O) groups is 1. The Morgan fingerprint density at radius 2 is 1.96 bits per heavy atom. The summed E-state index contributed by atoms with van der Waals surface area (Å²) in [4.78, 5) is 12.0. The molecule has 1 fully saturated rings. The van der Waals surface area contributed by atoms with Crippen LogP contribution < -0.4 is 10.2 Å². The predicted molar refractivity (Wildman–Crippen MR) is 87.9 cm³/mol. The van der Waals surface area contributed by atoms with Gasteiger partial charge in [0.2, 0.25) is 5.91 Å². The first-order valence-corrected chi connectivity index (χ1v) is 7.84. The van der Waals surface area contributed by atoms with Gasteiger partial charge in [-0.15, -0.1) is 0 Å². The van der Waals surface area contributed by atoms with E-state index in [2.05, 4.69) is 5.43 Å². The number of hydrogen-bond acceptors (Lipinski definition) is 3. The summed E-state index contributed by atoms with van der Waals surface area (Å²) >= 11 is 0. The number of methoxy groups -OCH3 is 1. The fraction of sp³-hybridized carbons (Fsp3) is 0.389. The largest absolute Gasteiger partial charge is 0.497 e. The number of ether oxygens (including phenoxy) is 1. The molecule has 0 spiro atoms. The maximum atomic E-state index is 13.9. The van der Waals surface area contributed by atoms with Crippen molar-refractivity contribution in [3.05, 3.63) is 42.0 Å². The van der Waals surface area contributed by atoms with Gasteiger partial charge in [-0.3, -0.25) is 10.2 Å². The van der Waals surface area contributed by atoms with E-state index < -0.39 is 23.5 Å². The van der Waals surface area contributed by atoms with Gasteiger partial charge in [0, 0.05) is 6.54 Å². The van der Waals surface area contributed by atoms with Crippen molar-refractivity contribution in [3.8, 4) is 5.75 Å². The highest BCUT2D eigenvalue weighted by Gasteiger charge is 2.51. The molecule has 0 aliphatic carbocycles. The van der Waals surface area contributed by atoms with Crippen LogP contribution in [0.5, 0.6) is 5.75 Å². The van der Waals surface area contributed by atoms with Crippen LogP contribution in [0.2, 0.25) is 0 Å². The Kier molecular flexibility index (Phi) is 4.15. The van der Waals surface area contributed by atoms with E-state index in [1.807, 2.05) is 0 Å². The molecule has 0 aromatic heterocycles. The van der Waals surface area contributed by atoms with Crippen LogP contribution in [0, 0.1) is 5.41 Å². The zero-order valence-corrected chi connectivity index (χ0v) is 14.1. The normalized spacial score (nSPS) is 19.0. The molecule has 1 amide bonds.